The lowest BCUT2D eigenvalue weighted by molar-refractivity contribution is 0.587. The fraction of sp³-hybridized carbons (Fsp3) is 0.150. The SMILES string of the molecule is CC(C)S(=O)(=O)c1ccc(-c2cnc3[nH]cc(-c4cscc4C#N)c3n2)cc1.[HH]. The predicted octanol–water partition coefficient (Wildman–Crippen LogP) is 4.65. The Morgan fingerprint density at radius 1 is 1.18 bits per heavy atom. The van der Waals surface area contributed by atoms with Gasteiger partial charge in [0.25, 0.3) is 0 Å². The zero-order valence-corrected chi connectivity index (χ0v) is 16.8. The van der Waals surface area contributed by atoms with E-state index in [2.05, 4.69) is 16.0 Å². The van der Waals surface area contributed by atoms with Crippen LogP contribution in [0.25, 0.3) is 33.5 Å². The monoisotopic (exact) mass is 410 g/mol. The van der Waals surface area contributed by atoms with Gasteiger partial charge in [-0.25, -0.2) is 18.4 Å². The number of nitrogens with one attached hydrogen (secondary N) is 1. The fourth-order valence-corrected chi connectivity index (χ4v) is 4.75. The summed E-state index contributed by atoms with van der Waals surface area (Å²) in [7, 11) is -3.32. The van der Waals surface area contributed by atoms with Crippen LogP contribution >= 0.6 is 11.3 Å². The molecule has 3 aromatic heterocycles. The molecule has 0 saturated heterocycles. The molecule has 0 aliphatic carbocycles. The molecule has 4 aromatic rings. The Hall–Kier alpha value is -3.02. The molecule has 28 heavy (non-hydrogen) atoms. The van der Waals surface area contributed by atoms with Crippen molar-refractivity contribution in [1.29, 1.82) is 5.26 Å². The molecule has 6 nitrogen and oxygen atoms in total. The highest BCUT2D eigenvalue weighted by Crippen LogP contribution is 2.32. The summed E-state index contributed by atoms with van der Waals surface area (Å²) in [5, 5.41) is 12.6. The van der Waals surface area contributed by atoms with Gasteiger partial charge in [0.15, 0.2) is 15.5 Å². The van der Waals surface area contributed by atoms with Crippen molar-refractivity contribution >= 4 is 32.3 Å². The first-order valence-electron chi connectivity index (χ1n) is 8.57. The highest BCUT2D eigenvalue weighted by Gasteiger charge is 2.19. The van der Waals surface area contributed by atoms with Crippen LogP contribution in [0.2, 0.25) is 0 Å². The van der Waals surface area contributed by atoms with E-state index in [0.717, 1.165) is 16.7 Å². The summed E-state index contributed by atoms with van der Waals surface area (Å²) in [6.07, 6.45) is 3.45. The molecule has 0 atom stereocenters. The van der Waals surface area contributed by atoms with Crippen molar-refractivity contribution in [1.82, 2.24) is 15.0 Å². The van der Waals surface area contributed by atoms with Crippen LogP contribution in [0.4, 0.5) is 0 Å². The molecule has 0 saturated carbocycles. The fourth-order valence-electron chi connectivity index (χ4n) is 2.92. The van der Waals surface area contributed by atoms with Gasteiger partial charge in [-0.1, -0.05) is 12.1 Å². The molecule has 8 heteroatoms. The molecular weight excluding hydrogens is 392 g/mol. The van der Waals surface area contributed by atoms with E-state index in [4.69, 9.17) is 4.98 Å². The van der Waals surface area contributed by atoms with E-state index in [1.165, 1.54) is 11.3 Å². The summed E-state index contributed by atoms with van der Waals surface area (Å²) in [6.45, 7) is 3.33. The van der Waals surface area contributed by atoms with Gasteiger partial charge in [0.05, 0.1) is 27.6 Å². The summed E-state index contributed by atoms with van der Waals surface area (Å²) in [6, 6.07) is 8.87. The lowest BCUT2D eigenvalue weighted by Crippen LogP contribution is -2.13. The van der Waals surface area contributed by atoms with Crippen molar-refractivity contribution in [3.05, 3.63) is 53.0 Å². The zero-order chi connectivity index (χ0) is 19.9. The molecule has 0 fully saturated rings. The number of aromatic nitrogens is 3. The molecule has 1 aromatic carbocycles. The van der Waals surface area contributed by atoms with E-state index in [-0.39, 0.29) is 1.43 Å². The van der Waals surface area contributed by atoms with E-state index in [9.17, 15) is 13.7 Å². The summed E-state index contributed by atoms with van der Waals surface area (Å²) in [4.78, 5) is 12.5. The van der Waals surface area contributed by atoms with E-state index in [1.54, 1.807) is 55.9 Å². The normalized spacial score (nSPS) is 11.8. The van der Waals surface area contributed by atoms with E-state index >= 15 is 0 Å². The third kappa shape index (κ3) is 2.99. The van der Waals surface area contributed by atoms with Gasteiger partial charge >= 0.3 is 0 Å². The van der Waals surface area contributed by atoms with Crippen molar-refractivity contribution in [2.75, 3.05) is 0 Å². The number of hydrogen-bond donors (Lipinski definition) is 1. The molecule has 0 unspecified atom stereocenters. The summed E-state index contributed by atoms with van der Waals surface area (Å²) >= 11 is 1.46. The van der Waals surface area contributed by atoms with Gasteiger partial charge in [0, 0.05) is 35.1 Å². The minimum absolute atomic E-state index is 0. The highest BCUT2D eigenvalue weighted by atomic mass is 32.2. The van der Waals surface area contributed by atoms with Crippen LogP contribution in [0.5, 0.6) is 0 Å². The molecule has 1 N–H and O–H groups in total. The number of nitrogens with zero attached hydrogens (tertiary/aromatic N) is 3. The highest BCUT2D eigenvalue weighted by molar-refractivity contribution is 7.92. The van der Waals surface area contributed by atoms with Crippen LogP contribution in [0.3, 0.4) is 0 Å². The Morgan fingerprint density at radius 2 is 1.93 bits per heavy atom. The van der Waals surface area contributed by atoms with E-state index in [1.807, 2.05) is 5.38 Å². The van der Waals surface area contributed by atoms with Crippen LogP contribution < -0.4 is 0 Å². The van der Waals surface area contributed by atoms with E-state index < -0.39 is 15.1 Å². The number of benzene rings is 1. The van der Waals surface area contributed by atoms with Gasteiger partial charge in [0.2, 0.25) is 0 Å². The Morgan fingerprint density at radius 3 is 2.61 bits per heavy atom. The average molecular weight is 411 g/mol. The largest absolute Gasteiger partial charge is 0.344 e. The third-order valence-electron chi connectivity index (χ3n) is 4.55. The van der Waals surface area contributed by atoms with Crippen molar-refractivity contribution in [2.24, 2.45) is 0 Å². The van der Waals surface area contributed by atoms with Crippen molar-refractivity contribution in [3.63, 3.8) is 0 Å². The number of hydrogen-bond acceptors (Lipinski definition) is 6. The van der Waals surface area contributed by atoms with Gasteiger partial charge in [-0.05, 0) is 26.0 Å². The molecule has 0 aliphatic heterocycles. The van der Waals surface area contributed by atoms with Gasteiger partial charge < -0.3 is 4.98 Å². The van der Waals surface area contributed by atoms with Crippen molar-refractivity contribution in [2.45, 2.75) is 24.0 Å². The molecule has 3 heterocycles. The Kier molecular flexibility index (Phi) is 4.49. The van der Waals surface area contributed by atoms with Crippen LogP contribution in [0.15, 0.2) is 52.3 Å². The Bertz CT molecular complexity index is 1320. The summed E-state index contributed by atoms with van der Waals surface area (Å²) < 4.78 is 24.6. The van der Waals surface area contributed by atoms with Crippen LogP contribution in [0.1, 0.15) is 20.8 Å². The Balaban J connectivity index is 0.00000240. The molecule has 0 aliphatic rings. The topological polar surface area (TPSA) is 99.5 Å². The first-order chi connectivity index (χ1) is 13.4. The molecule has 4 rings (SSSR count). The average Bonchev–Trinajstić information content (AvgIpc) is 3.33. The zero-order valence-electron chi connectivity index (χ0n) is 15.2. The third-order valence-corrected chi connectivity index (χ3v) is 7.47. The number of sulfone groups is 1. The number of nitriles is 1. The lowest BCUT2D eigenvalue weighted by Gasteiger charge is -2.08. The van der Waals surface area contributed by atoms with Gasteiger partial charge in [0.1, 0.15) is 11.6 Å². The minimum Gasteiger partial charge on any atom is -0.344 e. The molecule has 0 radical (unpaired) electrons. The maximum atomic E-state index is 12.3. The van der Waals surface area contributed by atoms with Gasteiger partial charge in [-0.3, -0.25) is 0 Å². The summed E-state index contributed by atoms with van der Waals surface area (Å²) in [5.41, 5.74) is 4.95. The number of H-pyrrole nitrogens is 1. The van der Waals surface area contributed by atoms with Gasteiger partial charge in [-0.2, -0.15) is 16.6 Å². The van der Waals surface area contributed by atoms with Crippen molar-refractivity contribution < 1.29 is 9.84 Å². The first kappa shape index (κ1) is 18.3. The lowest BCUT2D eigenvalue weighted by atomic mass is 10.1. The van der Waals surface area contributed by atoms with Gasteiger partial charge in [-0.15, -0.1) is 0 Å². The van der Waals surface area contributed by atoms with Crippen molar-refractivity contribution in [3.8, 4) is 28.5 Å². The second-order valence-electron chi connectivity index (χ2n) is 6.58. The maximum absolute atomic E-state index is 12.3. The van der Waals surface area contributed by atoms with E-state index in [0.29, 0.717) is 27.3 Å². The number of aromatic amines is 1. The smallest absolute Gasteiger partial charge is 0.180 e. The minimum atomic E-state index is -3.32. The quantitative estimate of drug-likeness (QED) is 0.528. The molecular formula is C20H18N4O2S2. The molecule has 0 spiro atoms. The molecule has 0 bridgehead atoms. The van der Waals surface area contributed by atoms with Crippen LogP contribution in [-0.2, 0) is 9.84 Å². The first-order valence-corrected chi connectivity index (χ1v) is 11.1. The summed E-state index contributed by atoms with van der Waals surface area (Å²) in [5.74, 6) is 0. The predicted molar refractivity (Wildman–Crippen MR) is 112 cm³/mol. The standard InChI is InChI=1S/C20H16N4O2S2.H2/c1-12(2)28(25,26)15-5-3-13(4-6-15)18-9-23-20-19(24-18)16(8-22-20)17-11-27-10-14(17)7-21;/h3-6,8-12H,1-2H3,(H,22,23);1H. The van der Waals surface area contributed by atoms with Crippen LogP contribution in [-0.4, -0.2) is 28.6 Å². The molecule has 0 amide bonds. The second-order valence-corrected chi connectivity index (χ2v) is 9.83. The number of fused-ring (bicyclic) bond motifs is 1. The van der Waals surface area contributed by atoms with Crippen LogP contribution in [0, 0.1) is 11.3 Å². The Labute approximate surface area is 167 Å². The maximum Gasteiger partial charge on any atom is 0.180 e. The molecule has 142 valence electrons. The number of rotatable bonds is 4. The second kappa shape index (κ2) is 6.86. The number of thiophene rings is 1.